The Labute approximate surface area is 150 Å². The summed E-state index contributed by atoms with van der Waals surface area (Å²) < 4.78 is 3.58. The standard InChI is InChI=1S/C15H12ClN7.C2H6/c1-10-7-11(4-5-17-10)22-8-13(18-9-22)19-14-12-3-2-6-23(12)21-15(16)20-14;1-2/h2-9H,1H3,(H,19,20,21);1-2H3. The number of nitrogens with zero attached hydrogens (tertiary/aromatic N) is 6. The molecule has 0 saturated heterocycles. The predicted octanol–water partition coefficient (Wildman–Crippen LogP) is 4.04. The van der Waals surface area contributed by atoms with Gasteiger partial charge in [0.25, 0.3) is 0 Å². The molecule has 25 heavy (non-hydrogen) atoms. The molecule has 1 N–H and O–H groups in total. The van der Waals surface area contributed by atoms with E-state index in [4.69, 9.17) is 11.6 Å². The summed E-state index contributed by atoms with van der Waals surface area (Å²) in [6.07, 6.45) is 7.19. The molecule has 4 aromatic rings. The van der Waals surface area contributed by atoms with Crippen molar-refractivity contribution in [2.75, 3.05) is 5.32 Å². The molecule has 0 atom stereocenters. The van der Waals surface area contributed by atoms with Crippen molar-refractivity contribution in [3.05, 3.63) is 60.2 Å². The Morgan fingerprint density at radius 1 is 1.16 bits per heavy atom. The first-order valence-corrected chi connectivity index (χ1v) is 8.32. The van der Waals surface area contributed by atoms with Gasteiger partial charge in [0, 0.05) is 23.8 Å². The van der Waals surface area contributed by atoms with Crippen molar-refractivity contribution in [1.29, 1.82) is 0 Å². The van der Waals surface area contributed by atoms with Crippen LogP contribution in [0.25, 0.3) is 11.2 Å². The first kappa shape index (κ1) is 16.9. The summed E-state index contributed by atoms with van der Waals surface area (Å²) in [6, 6.07) is 7.69. The minimum Gasteiger partial charge on any atom is -0.322 e. The van der Waals surface area contributed by atoms with Crippen LogP contribution in [0.15, 0.2) is 49.2 Å². The van der Waals surface area contributed by atoms with Gasteiger partial charge in [0.2, 0.25) is 5.28 Å². The van der Waals surface area contributed by atoms with E-state index < -0.39 is 0 Å². The average Bonchev–Trinajstić information content (AvgIpc) is 3.26. The second-order valence-electron chi connectivity index (χ2n) is 5.01. The minimum atomic E-state index is 0.167. The fourth-order valence-electron chi connectivity index (χ4n) is 2.34. The second kappa shape index (κ2) is 7.31. The Hall–Kier alpha value is -2.93. The lowest BCUT2D eigenvalue weighted by molar-refractivity contribution is 0.907. The number of aromatic nitrogens is 6. The zero-order chi connectivity index (χ0) is 17.8. The molecular formula is C17H18ClN7. The van der Waals surface area contributed by atoms with Crippen LogP contribution >= 0.6 is 11.6 Å². The van der Waals surface area contributed by atoms with E-state index in [0.717, 1.165) is 16.9 Å². The van der Waals surface area contributed by atoms with Gasteiger partial charge in [0.05, 0.1) is 6.20 Å². The van der Waals surface area contributed by atoms with Crippen molar-refractivity contribution >= 4 is 28.8 Å². The normalized spacial score (nSPS) is 10.4. The largest absolute Gasteiger partial charge is 0.322 e. The number of anilines is 2. The smallest absolute Gasteiger partial charge is 0.243 e. The Morgan fingerprint density at radius 2 is 2.00 bits per heavy atom. The van der Waals surface area contributed by atoms with Gasteiger partial charge >= 0.3 is 0 Å². The molecule has 0 amide bonds. The van der Waals surface area contributed by atoms with Gasteiger partial charge in [0.1, 0.15) is 17.7 Å². The molecule has 0 unspecified atom stereocenters. The van der Waals surface area contributed by atoms with Crippen LogP contribution in [0.2, 0.25) is 5.28 Å². The number of aryl methyl sites for hydroxylation is 1. The van der Waals surface area contributed by atoms with Crippen LogP contribution in [0.5, 0.6) is 0 Å². The molecule has 0 aliphatic rings. The number of fused-ring (bicyclic) bond motifs is 1. The fourth-order valence-corrected chi connectivity index (χ4v) is 2.51. The molecule has 0 aliphatic carbocycles. The minimum absolute atomic E-state index is 0.167. The molecule has 4 aromatic heterocycles. The SMILES string of the molecule is CC.Cc1cc(-n2cnc(Nc3nc(Cl)nn4cccc34)c2)ccn1. The Kier molecular flexibility index (Phi) is 4.95. The summed E-state index contributed by atoms with van der Waals surface area (Å²) in [4.78, 5) is 12.8. The third-order valence-electron chi connectivity index (χ3n) is 3.37. The van der Waals surface area contributed by atoms with Crippen molar-refractivity contribution in [1.82, 2.24) is 29.1 Å². The summed E-state index contributed by atoms with van der Waals surface area (Å²) in [5.41, 5.74) is 2.76. The van der Waals surface area contributed by atoms with Gasteiger partial charge in [-0.15, -0.1) is 5.10 Å². The van der Waals surface area contributed by atoms with Crippen molar-refractivity contribution in [2.24, 2.45) is 0 Å². The van der Waals surface area contributed by atoms with Crippen LogP contribution in [-0.4, -0.2) is 29.1 Å². The first-order chi connectivity index (χ1) is 12.2. The number of pyridine rings is 1. The van der Waals surface area contributed by atoms with Crippen LogP contribution in [-0.2, 0) is 0 Å². The molecule has 0 aliphatic heterocycles. The molecular weight excluding hydrogens is 338 g/mol. The molecule has 0 saturated carbocycles. The number of rotatable bonds is 3. The highest BCUT2D eigenvalue weighted by Gasteiger charge is 2.08. The summed E-state index contributed by atoms with van der Waals surface area (Å²) in [5.74, 6) is 1.27. The summed E-state index contributed by atoms with van der Waals surface area (Å²) in [7, 11) is 0. The quantitative estimate of drug-likeness (QED) is 0.600. The van der Waals surface area contributed by atoms with E-state index in [2.05, 4.69) is 25.4 Å². The van der Waals surface area contributed by atoms with Gasteiger partial charge in [-0.05, 0) is 42.8 Å². The first-order valence-electron chi connectivity index (χ1n) is 7.94. The molecule has 0 spiro atoms. The Bertz CT molecular complexity index is 990. The van der Waals surface area contributed by atoms with Crippen LogP contribution in [0.4, 0.5) is 11.6 Å². The molecule has 0 fully saturated rings. The third-order valence-corrected chi connectivity index (χ3v) is 3.53. The molecule has 8 heteroatoms. The topological polar surface area (TPSA) is 72.9 Å². The number of nitrogens with one attached hydrogen (secondary N) is 1. The van der Waals surface area contributed by atoms with Crippen LogP contribution in [0.3, 0.4) is 0 Å². The third kappa shape index (κ3) is 3.61. The lowest BCUT2D eigenvalue weighted by atomic mass is 10.3. The van der Waals surface area contributed by atoms with E-state index in [1.54, 1.807) is 17.0 Å². The Morgan fingerprint density at radius 3 is 2.80 bits per heavy atom. The number of hydrogen-bond acceptors (Lipinski definition) is 5. The van der Waals surface area contributed by atoms with Crippen LogP contribution in [0, 0.1) is 6.92 Å². The number of halogens is 1. The number of imidazole rings is 1. The van der Waals surface area contributed by atoms with Gasteiger partial charge in [-0.1, -0.05) is 13.8 Å². The number of hydrogen-bond donors (Lipinski definition) is 1. The van der Waals surface area contributed by atoms with E-state index >= 15 is 0 Å². The molecule has 0 bridgehead atoms. The highest BCUT2D eigenvalue weighted by atomic mass is 35.5. The lowest BCUT2D eigenvalue weighted by Gasteiger charge is -2.05. The molecule has 0 aromatic carbocycles. The van der Waals surface area contributed by atoms with Crippen molar-refractivity contribution in [3.8, 4) is 5.69 Å². The van der Waals surface area contributed by atoms with E-state index in [-0.39, 0.29) is 5.28 Å². The molecule has 4 heterocycles. The summed E-state index contributed by atoms with van der Waals surface area (Å²) >= 11 is 5.95. The van der Waals surface area contributed by atoms with Crippen molar-refractivity contribution in [3.63, 3.8) is 0 Å². The summed E-state index contributed by atoms with van der Waals surface area (Å²) in [6.45, 7) is 5.95. The highest BCUT2D eigenvalue weighted by Crippen LogP contribution is 2.21. The monoisotopic (exact) mass is 355 g/mol. The van der Waals surface area contributed by atoms with Gasteiger partial charge in [-0.25, -0.2) is 9.50 Å². The van der Waals surface area contributed by atoms with Gasteiger partial charge in [-0.2, -0.15) is 4.98 Å². The van der Waals surface area contributed by atoms with Gasteiger partial charge in [-0.3, -0.25) is 4.98 Å². The van der Waals surface area contributed by atoms with Gasteiger partial charge < -0.3 is 9.88 Å². The maximum atomic E-state index is 5.95. The van der Waals surface area contributed by atoms with E-state index in [0.29, 0.717) is 11.6 Å². The highest BCUT2D eigenvalue weighted by molar-refractivity contribution is 6.28. The van der Waals surface area contributed by atoms with Gasteiger partial charge in [0.15, 0.2) is 5.82 Å². The maximum absolute atomic E-state index is 5.95. The van der Waals surface area contributed by atoms with Crippen molar-refractivity contribution in [2.45, 2.75) is 20.8 Å². The zero-order valence-electron chi connectivity index (χ0n) is 14.2. The average molecular weight is 356 g/mol. The van der Waals surface area contributed by atoms with E-state index in [1.807, 2.05) is 62.0 Å². The predicted molar refractivity (Wildman–Crippen MR) is 98.7 cm³/mol. The van der Waals surface area contributed by atoms with Crippen molar-refractivity contribution < 1.29 is 0 Å². The maximum Gasteiger partial charge on any atom is 0.243 e. The lowest BCUT2D eigenvalue weighted by Crippen LogP contribution is -2.01. The molecule has 4 rings (SSSR count). The van der Waals surface area contributed by atoms with E-state index in [9.17, 15) is 0 Å². The second-order valence-corrected chi connectivity index (χ2v) is 5.35. The zero-order valence-corrected chi connectivity index (χ0v) is 14.9. The van der Waals surface area contributed by atoms with Crippen LogP contribution < -0.4 is 5.32 Å². The molecule has 128 valence electrons. The van der Waals surface area contributed by atoms with E-state index in [1.165, 1.54) is 0 Å². The summed E-state index contributed by atoms with van der Waals surface area (Å²) in [5, 5.41) is 7.44. The molecule has 7 nitrogen and oxygen atoms in total. The van der Waals surface area contributed by atoms with Crippen LogP contribution in [0.1, 0.15) is 19.5 Å². The fraction of sp³-hybridized carbons (Fsp3) is 0.176. The Balaban J connectivity index is 0.000000880. The molecule has 0 radical (unpaired) electrons.